The minimum atomic E-state index is -0.277. The summed E-state index contributed by atoms with van der Waals surface area (Å²) >= 11 is 0. The molecule has 0 amide bonds. The number of ether oxygens (including phenoxy) is 1. The predicted molar refractivity (Wildman–Crippen MR) is 110 cm³/mol. The van der Waals surface area contributed by atoms with Crippen molar-refractivity contribution in [2.45, 2.75) is 13.5 Å². The van der Waals surface area contributed by atoms with Gasteiger partial charge < -0.3 is 15.8 Å². The number of benzene rings is 2. The minimum absolute atomic E-state index is 0.277. The van der Waals surface area contributed by atoms with Crippen LogP contribution in [0.3, 0.4) is 0 Å². The molecule has 3 N–H and O–H groups in total. The Kier molecular flexibility index (Phi) is 5.15. The molecule has 146 valence electrons. The van der Waals surface area contributed by atoms with Crippen molar-refractivity contribution in [2.75, 3.05) is 17.7 Å². The Hall–Kier alpha value is -3.81. The monoisotopic (exact) mass is 390 g/mol. The molecule has 4 aromatic rings. The minimum Gasteiger partial charge on any atom is -0.476 e. The smallest absolute Gasteiger partial charge is 0.247 e. The predicted octanol–water partition coefficient (Wildman–Crippen LogP) is 3.82. The van der Waals surface area contributed by atoms with E-state index in [0.717, 1.165) is 11.1 Å². The second-order valence-corrected chi connectivity index (χ2v) is 6.32. The number of anilines is 2. The first kappa shape index (κ1) is 18.5. The summed E-state index contributed by atoms with van der Waals surface area (Å²) in [6.07, 6.45) is 1.64. The number of aromatic nitrogens is 4. The molecular weight excluding hydrogens is 371 g/mol. The van der Waals surface area contributed by atoms with Crippen molar-refractivity contribution in [1.82, 2.24) is 19.9 Å². The van der Waals surface area contributed by atoms with Gasteiger partial charge in [0.05, 0.1) is 18.5 Å². The van der Waals surface area contributed by atoms with Gasteiger partial charge in [-0.05, 0) is 36.8 Å². The fourth-order valence-corrected chi connectivity index (χ4v) is 2.82. The van der Waals surface area contributed by atoms with Gasteiger partial charge in [0.1, 0.15) is 5.82 Å². The number of hydrogen-bond donors (Lipinski definition) is 2. The van der Waals surface area contributed by atoms with Gasteiger partial charge in [-0.3, -0.25) is 0 Å². The van der Waals surface area contributed by atoms with Crippen LogP contribution in [-0.4, -0.2) is 26.5 Å². The number of fused-ring (bicyclic) bond motifs is 1. The largest absolute Gasteiger partial charge is 0.476 e. The zero-order valence-electron chi connectivity index (χ0n) is 15.8. The van der Waals surface area contributed by atoms with Crippen LogP contribution >= 0.6 is 0 Å². The molecule has 0 saturated heterocycles. The van der Waals surface area contributed by atoms with Crippen molar-refractivity contribution < 1.29 is 9.13 Å². The Bertz CT molecular complexity index is 1150. The molecule has 2 heterocycles. The Balaban J connectivity index is 1.67. The Morgan fingerprint density at radius 3 is 2.66 bits per heavy atom. The highest BCUT2D eigenvalue weighted by molar-refractivity contribution is 5.79. The van der Waals surface area contributed by atoms with Crippen LogP contribution in [0.5, 0.6) is 5.88 Å². The number of nitrogens with two attached hydrogens (primary N) is 1. The highest BCUT2D eigenvalue weighted by Crippen LogP contribution is 2.25. The summed E-state index contributed by atoms with van der Waals surface area (Å²) in [7, 11) is 0. The fourth-order valence-electron chi connectivity index (χ4n) is 2.82. The summed E-state index contributed by atoms with van der Waals surface area (Å²) in [5.74, 6) is 0.425. The Labute approximate surface area is 166 Å². The van der Waals surface area contributed by atoms with Crippen molar-refractivity contribution in [2.24, 2.45) is 0 Å². The zero-order valence-corrected chi connectivity index (χ0v) is 15.8. The van der Waals surface area contributed by atoms with E-state index in [1.165, 1.54) is 12.1 Å². The second-order valence-electron chi connectivity index (χ2n) is 6.32. The molecule has 0 bridgehead atoms. The molecule has 0 aliphatic heterocycles. The summed E-state index contributed by atoms with van der Waals surface area (Å²) in [5, 5.41) is 3.12. The van der Waals surface area contributed by atoms with Gasteiger partial charge in [0, 0.05) is 17.8 Å². The molecule has 0 aliphatic carbocycles. The standard InChI is InChI=1S/C21H19FN6O/c1-2-29-20-18-19(24-12-17(26-18)14-4-3-5-16(23)10-14)27-21(28-20)25-11-13-6-8-15(22)9-7-13/h3-10,12H,2,11,23H2,1H3,(H,24,25,27,28). The zero-order chi connectivity index (χ0) is 20.2. The number of halogens is 1. The fraction of sp³-hybridized carbons (Fsp3) is 0.143. The highest BCUT2D eigenvalue weighted by Gasteiger charge is 2.13. The molecule has 0 unspecified atom stereocenters. The third-order valence-electron chi connectivity index (χ3n) is 4.20. The molecule has 2 aromatic carbocycles. The molecule has 0 saturated carbocycles. The molecule has 29 heavy (non-hydrogen) atoms. The summed E-state index contributed by atoms with van der Waals surface area (Å²) in [5.41, 5.74) is 9.80. The molecule has 0 aliphatic rings. The van der Waals surface area contributed by atoms with Gasteiger partial charge >= 0.3 is 0 Å². The highest BCUT2D eigenvalue weighted by atomic mass is 19.1. The second kappa shape index (κ2) is 8.05. The van der Waals surface area contributed by atoms with Gasteiger partial charge in [-0.1, -0.05) is 24.3 Å². The third-order valence-corrected chi connectivity index (χ3v) is 4.20. The summed E-state index contributed by atoms with van der Waals surface area (Å²) in [6.45, 7) is 2.73. The topological polar surface area (TPSA) is 98.8 Å². The van der Waals surface area contributed by atoms with Crippen LogP contribution in [0.15, 0.2) is 54.7 Å². The van der Waals surface area contributed by atoms with Crippen LogP contribution in [0.4, 0.5) is 16.0 Å². The SMILES string of the molecule is CCOc1nc(NCc2ccc(F)cc2)nc2ncc(-c3cccc(N)c3)nc12. The molecule has 4 rings (SSSR count). The van der Waals surface area contributed by atoms with Crippen molar-refractivity contribution in [1.29, 1.82) is 0 Å². The van der Waals surface area contributed by atoms with E-state index in [1.54, 1.807) is 18.3 Å². The molecule has 0 fully saturated rings. The van der Waals surface area contributed by atoms with Gasteiger partial charge in [0.2, 0.25) is 11.8 Å². The van der Waals surface area contributed by atoms with Crippen molar-refractivity contribution in [3.05, 3.63) is 66.1 Å². The van der Waals surface area contributed by atoms with Crippen LogP contribution in [-0.2, 0) is 6.54 Å². The quantitative estimate of drug-likeness (QED) is 0.483. The lowest BCUT2D eigenvalue weighted by Crippen LogP contribution is -2.07. The third kappa shape index (κ3) is 4.21. The van der Waals surface area contributed by atoms with Gasteiger partial charge in [0.15, 0.2) is 11.2 Å². The lowest BCUT2D eigenvalue weighted by molar-refractivity contribution is 0.330. The lowest BCUT2D eigenvalue weighted by atomic mass is 10.1. The Morgan fingerprint density at radius 2 is 1.90 bits per heavy atom. The van der Waals surface area contributed by atoms with Crippen molar-refractivity contribution in [3.8, 4) is 17.1 Å². The molecular formula is C21H19FN6O. The van der Waals surface area contributed by atoms with Crippen LogP contribution in [0.1, 0.15) is 12.5 Å². The first-order valence-corrected chi connectivity index (χ1v) is 9.14. The van der Waals surface area contributed by atoms with E-state index in [9.17, 15) is 4.39 Å². The molecule has 0 radical (unpaired) electrons. The molecule has 0 spiro atoms. The maximum atomic E-state index is 13.1. The van der Waals surface area contributed by atoms with Crippen molar-refractivity contribution >= 4 is 22.8 Å². The van der Waals surface area contributed by atoms with E-state index in [0.29, 0.717) is 47.5 Å². The van der Waals surface area contributed by atoms with Crippen LogP contribution < -0.4 is 15.8 Å². The molecule has 8 heteroatoms. The first-order chi connectivity index (χ1) is 14.1. The molecule has 7 nitrogen and oxygen atoms in total. The number of nitrogens with one attached hydrogen (secondary N) is 1. The first-order valence-electron chi connectivity index (χ1n) is 9.14. The van der Waals surface area contributed by atoms with Crippen LogP contribution in [0, 0.1) is 5.82 Å². The summed E-state index contributed by atoms with van der Waals surface area (Å²) < 4.78 is 18.7. The van der Waals surface area contributed by atoms with Crippen molar-refractivity contribution in [3.63, 3.8) is 0 Å². The van der Waals surface area contributed by atoms with E-state index in [1.807, 2.05) is 31.2 Å². The van der Waals surface area contributed by atoms with E-state index in [-0.39, 0.29) is 5.82 Å². The number of nitrogen functional groups attached to an aromatic ring is 1. The van der Waals surface area contributed by atoms with E-state index < -0.39 is 0 Å². The van der Waals surface area contributed by atoms with Crippen LogP contribution in [0.25, 0.3) is 22.4 Å². The van der Waals surface area contributed by atoms with Gasteiger partial charge in [-0.25, -0.2) is 14.4 Å². The number of hydrogen-bond acceptors (Lipinski definition) is 7. The van der Waals surface area contributed by atoms with Gasteiger partial charge in [0.25, 0.3) is 0 Å². The lowest BCUT2D eigenvalue weighted by Gasteiger charge is -2.10. The summed E-state index contributed by atoms with van der Waals surface area (Å²) in [6, 6.07) is 13.6. The number of rotatable bonds is 6. The van der Waals surface area contributed by atoms with Gasteiger partial charge in [-0.2, -0.15) is 9.97 Å². The molecule has 0 atom stereocenters. The average molecular weight is 390 g/mol. The average Bonchev–Trinajstić information content (AvgIpc) is 2.73. The maximum absolute atomic E-state index is 13.1. The summed E-state index contributed by atoms with van der Waals surface area (Å²) in [4.78, 5) is 17.9. The maximum Gasteiger partial charge on any atom is 0.247 e. The Morgan fingerprint density at radius 1 is 1.07 bits per heavy atom. The van der Waals surface area contributed by atoms with E-state index in [4.69, 9.17) is 10.5 Å². The van der Waals surface area contributed by atoms with Crippen LogP contribution in [0.2, 0.25) is 0 Å². The van der Waals surface area contributed by atoms with E-state index >= 15 is 0 Å². The normalized spacial score (nSPS) is 10.8. The van der Waals surface area contributed by atoms with E-state index in [2.05, 4.69) is 25.3 Å². The van der Waals surface area contributed by atoms with Gasteiger partial charge in [-0.15, -0.1) is 0 Å². The molecule has 2 aromatic heterocycles. The number of nitrogens with zero attached hydrogens (tertiary/aromatic N) is 4.